The molecule has 45 heavy (non-hydrogen) atoms. The van der Waals surface area contributed by atoms with Crippen LogP contribution < -0.4 is 29.6 Å². The number of halogens is 1. The minimum atomic E-state index is -0.386. The highest BCUT2D eigenvalue weighted by molar-refractivity contribution is 5.94. The van der Waals surface area contributed by atoms with Gasteiger partial charge in [0.15, 0.2) is 11.5 Å². The predicted octanol–water partition coefficient (Wildman–Crippen LogP) is 5.23. The Morgan fingerprint density at radius 1 is 1.00 bits per heavy atom. The van der Waals surface area contributed by atoms with Gasteiger partial charge < -0.3 is 39.4 Å². The van der Waals surface area contributed by atoms with E-state index >= 15 is 0 Å². The summed E-state index contributed by atoms with van der Waals surface area (Å²) in [5.41, 5.74) is 1.98. The number of aromatic nitrogens is 2. The number of fused-ring (bicyclic) bond motifs is 3. The third-order valence-corrected chi connectivity index (χ3v) is 7.86. The van der Waals surface area contributed by atoms with Crippen LogP contribution in [-0.4, -0.2) is 85.4 Å². The lowest BCUT2D eigenvalue weighted by atomic mass is 10.1. The third-order valence-electron chi connectivity index (χ3n) is 7.86. The highest BCUT2D eigenvalue weighted by atomic mass is 19.1. The number of nitrogens with one attached hydrogen (secondary N) is 2. The molecule has 2 N–H and O–H groups in total. The van der Waals surface area contributed by atoms with Gasteiger partial charge in [0.25, 0.3) is 0 Å². The van der Waals surface area contributed by atoms with Crippen LogP contribution in [0, 0.1) is 5.82 Å². The van der Waals surface area contributed by atoms with Crippen LogP contribution in [0.2, 0.25) is 0 Å². The second-order valence-electron chi connectivity index (χ2n) is 11.1. The lowest BCUT2D eigenvalue weighted by molar-refractivity contribution is 0.142. The fourth-order valence-corrected chi connectivity index (χ4v) is 5.32. The molecule has 4 aromatic rings. The van der Waals surface area contributed by atoms with E-state index < -0.39 is 0 Å². The highest BCUT2D eigenvalue weighted by Crippen LogP contribution is 2.47. The Morgan fingerprint density at radius 3 is 2.49 bits per heavy atom. The highest BCUT2D eigenvalue weighted by Gasteiger charge is 2.25. The summed E-state index contributed by atoms with van der Waals surface area (Å²) in [5.74, 6) is 2.10. The van der Waals surface area contributed by atoms with E-state index in [-0.39, 0.29) is 17.9 Å². The van der Waals surface area contributed by atoms with Crippen molar-refractivity contribution in [2.24, 2.45) is 0 Å². The molecule has 11 nitrogen and oxygen atoms in total. The summed E-state index contributed by atoms with van der Waals surface area (Å²) in [4.78, 5) is 26.2. The molecule has 1 fully saturated rings. The van der Waals surface area contributed by atoms with E-state index in [4.69, 9.17) is 18.9 Å². The number of urea groups is 1. The maximum Gasteiger partial charge on any atom is 0.319 e. The largest absolute Gasteiger partial charge is 0.489 e. The number of likely N-dealkylation sites (N-methyl/N-ethyl adjacent to an activating group) is 1. The summed E-state index contributed by atoms with van der Waals surface area (Å²) in [6.45, 7) is 8.47. The Morgan fingerprint density at radius 2 is 1.73 bits per heavy atom. The molecule has 0 aliphatic carbocycles. The number of rotatable bonds is 10. The molecule has 0 radical (unpaired) electrons. The molecule has 236 valence electrons. The van der Waals surface area contributed by atoms with Gasteiger partial charge in [-0.25, -0.2) is 19.2 Å². The van der Waals surface area contributed by atoms with E-state index in [9.17, 15) is 9.18 Å². The molecule has 2 amide bonds. The summed E-state index contributed by atoms with van der Waals surface area (Å²) in [6.07, 6.45) is 2.34. The topological polar surface area (TPSA) is 110 Å². The summed E-state index contributed by atoms with van der Waals surface area (Å²) in [5, 5.41) is 6.24. The Labute approximate surface area is 261 Å². The van der Waals surface area contributed by atoms with Gasteiger partial charge in [0.05, 0.1) is 18.2 Å². The summed E-state index contributed by atoms with van der Waals surface area (Å²) < 4.78 is 37.6. The molecule has 3 aromatic carbocycles. The average molecular weight is 617 g/mol. The number of ether oxygens (including phenoxy) is 4. The number of hydrogen-bond donors (Lipinski definition) is 2. The molecule has 1 saturated heterocycles. The van der Waals surface area contributed by atoms with E-state index in [0.29, 0.717) is 65.3 Å². The Kier molecular flexibility index (Phi) is 9.41. The van der Waals surface area contributed by atoms with Crippen LogP contribution in [0.4, 0.5) is 14.9 Å². The number of benzene rings is 3. The van der Waals surface area contributed by atoms with E-state index in [2.05, 4.69) is 37.4 Å². The van der Waals surface area contributed by atoms with Gasteiger partial charge in [-0.15, -0.1) is 0 Å². The van der Waals surface area contributed by atoms with Crippen molar-refractivity contribution in [1.29, 1.82) is 0 Å². The van der Waals surface area contributed by atoms with Crippen molar-refractivity contribution >= 4 is 22.6 Å². The van der Waals surface area contributed by atoms with Crippen LogP contribution in [0.5, 0.6) is 28.9 Å². The number of piperazine rings is 1. The zero-order chi connectivity index (χ0) is 31.2. The maximum atomic E-state index is 13.2. The minimum absolute atomic E-state index is 0.302. The van der Waals surface area contributed by atoms with Gasteiger partial charge in [0, 0.05) is 44.5 Å². The van der Waals surface area contributed by atoms with Crippen molar-refractivity contribution in [1.82, 2.24) is 25.1 Å². The molecule has 0 bridgehead atoms. The number of carbonyl (C=O) groups excluding carboxylic acids is 1. The smallest absolute Gasteiger partial charge is 0.319 e. The van der Waals surface area contributed by atoms with Crippen molar-refractivity contribution in [2.75, 3.05) is 64.9 Å². The number of nitrogens with zero attached hydrogens (tertiary/aromatic N) is 4. The first-order valence-electron chi connectivity index (χ1n) is 15.1. The van der Waals surface area contributed by atoms with Crippen LogP contribution in [0.3, 0.4) is 0 Å². The standard InChI is InChI=1S/C33H37FN6O5/c1-22(23-4-6-24(34)7-5-23)37-33(41)38-25-8-10-26(11-9-25)45-32-29-27(35-21-36-32)20-28(30-31(29)44-19-18-43-30)42-17-3-12-40-15-13-39(2)14-16-40/h4-11,20-22H,3,12-19H2,1-2H3,(H2,37,38,41)/t22-/m1/s1. The van der Waals surface area contributed by atoms with Gasteiger partial charge in [0.2, 0.25) is 11.6 Å². The SMILES string of the molecule is C[C@@H](NC(=O)Nc1ccc(Oc2ncnc3cc(OCCCN4CCN(C)CC4)c4c(c23)OCCO4)cc1)c1ccc(F)cc1. The Hall–Kier alpha value is -4.68. The third kappa shape index (κ3) is 7.52. The minimum Gasteiger partial charge on any atom is -0.489 e. The predicted molar refractivity (Wildman–Crippen MR) is 168 cm³/mol. The van der Waals surface area contributed by atoms with E-state index in [1.807, 2.05) is 13.0 Å². The average Bonchev–Trinajstić information content (AvgIpc) is 3.05. The quantitative estimate of drug-likeness (QED) is 0.232. The van der Waals surface area contributed by atoms with Crippen LogP contribution in [0.1, 0.15) is 24.9 Å². The molecular weight excluding hydrogens is 579 g/mol. The summed E-state index contributed by atoms with van der Waals surface area (Å²) >= 11 is 0. The molecular formula is C33H37FN6O5. The molecule has 2 aliphatic rings. The molecule has 1 atom stereocenters. The Balaban J connectivity index is 1.10. The van der Waals surface area contributed by atoms with Crippen molar-refractivity contribution in [3.63, 3.8) is 0 Å². The first-order chi connectivity index (χ1) is 21.9. The van der Waals surface area contributed by atoms with Gasteiger partial charge in [0.1, 0.15) is 36.5 Å². The van der Waals surface area contributed by atoms with Crippen molar-refractivity contribution in [3.8, 4) is 28.9 Å². The number of amides is 2. The fourth-order valence-electron chi connectivity index (χ4n) is 5.32. The van der Waals surface area contributed by atoms with Gasteiger partial charge in [-0.3, -0.25) is 0 Å². The molecule has 0 spiro atoms. The van der Waals surface area contributed by atoms with Crippen LogP contribution in [0.15, 0.2) is 60.9 Å². The normalized spacial score (nSPS) is 15.8. The van der Waals surface area contributed by atoms with Crippen molar-refractivity contribution < 1.29 is 28.1 Å². The van der Waals surface area contributed by atoms with Gasteiger partial charge in [-0.2, -0.15) is 0 Å². The van der Waals surface area contributed by atoms with Crippen LogP contribution in [0.25, 0.3) is 10.9 Å². The molecule has 0 saturated carbocycles. The second-order valence-corrected chi connectivity index (χ2v) is 11.1. The van der Waals surface area contributed by atoms with Crippen molar-refractivity contribution in [3.05, 3.63) is 72.3 Å². The first-order valence-corrected chi connectivity index (χ1v) is 15.1. The zero-order valence-corrected chi connectivity index (χ0v) is 25.4. The summed E-state index contributed by atoms with van der Waals surface area (Å²) in [7, 11) is 2.16. The van der Waals surface area contributed by atoms with Crippen LogP contribution in [-0.2, 0) is 0 Å². The number of hydrogen-bond acceptors (Lipinski definition) is 9. The number of anilines is 1. The molecule has 0 unspecified atom stereocenters. The number of carbonyl (C=O) groups is 1. The molecule has 6 rings (SSSR count). The lowest BCUT2D eigenvalue weighted by Crippen LogP contribution is -2.44. The summed E-state index contributed by atoms with van der Waals surface area (Å²) in [6, 6.07) is 14.1. The molecule has 1 aromatic heterocycles. The maximum absolute atomic E-state index is 13.2. The van der Waals surface area contributed by atoms with E-state index in [1.54, 1.807) is 36.4 Å². The van der Waals surface area contributed by atoms with Gasteiger partial charge in [-0.05, 0) is 62.4 Å². The van der Waals surface area contributed by atoms with Crippen molar-refractivity contribution in [2.45, 2.75) is 19.4 Å². The molecule has 2 aliphatic heterocycles. The fraction of sp³-hybridized carbons (Fsp3) is 0.364. The lowest BCUT2D eigenvalue weighted by Gasteiger charge is -2.32. The van der Waals surface area contributed by atoms with Gasteiger partial charge >= 0.3 is 6.03 Å². The van der Waals surface area contributed by atoms with Gasteiger partial charge in [-0.1, -0.05) is 12.1 Å². The first kappa shape index (κ1) is 30.4. The molecule has 3 heterocycles. The second kappa shape index (κ2) is 14.0. The molecule has 12 heteroatoms. The van der Waals surface area contributed by atoms with E-state index in [0.717, 1.165) is 44.7 Å². The zero-order valence-electron chi connectivity index (χ0n) is 25.4. The Bertz CT molecular complexity index is 1610. The van der Waals surface area contributed by atoms with Crippen LogP contribution >= 0.6 is 0 Å². The van der Waals surface area contributed by atoms with E-state index in [1.165, 1.54) is 18.5 Å². The monoisotopic (exact) mass is 616 g/mol.